The van der Waals surface area contributed by atoms with Crippen molar-refractivity contribution in [3.8, 4) is 5.75 Å². The smallest absolute Gasteiger partial charge is 0.276 e. The van der Waals surface area contributed by atoms with E-state index in [-0.39, 0.29) is 6.61 Å². The van der Waals surface area contributed by atoms with Crippen LogP contribution in [0.15, 0.2) is 33.9 Å². The number of nitrogens with two attached hydrogens (primary N) is 1. The first kappa shape index (κ1) is 10.8. The van der Waals surface area contributed by atoms with Crippen molar-refractivity contribution in [2.24, 2.45) is 0 Å². The third-order valence-corrected chi connectivity index (χ3v) is 2.41. The second-order valence-electron chi connectivity index (χ2n) is 2.99. The molecule has 0 saturated carbocycles. The molecule has 0 saturated heterocycles. The summed E-state index contributed by atoms with van der Waals surface area (Å²) in [6.07, 6.45) is 1.87. The maximum atomic E-state index is 5.72. The summed E-state index contributed by atoms with van der Waals surface area (Å²) in [7, 11) is 0. The molecule has 0 aliphatic carbocycles. The van der Waals surface area contributed by atoms with Crippen LogP contribution in [0, 0.1) is 0 Å². The van der Waals surface area contributed by atoms with E-state index in [0.29, 0.717) is 22.6 Å². The Morgan fingerprint density at radius 2 is 2.19 bits per heavy atom. The zero-order valence-electron chi connectivity index (χ0n) is 8.71. The molecule has 0 atom stereocenters. The average Bonchev–Trinajstić information content (AvgIpc) is 2.76. The molecule has 5 nitrogen and oxygen atoms in total. The van der Waals surface area contributed by atoms with Crippen LogP contribution in [-0.4, -0.2) is 16.5 Å². The molecule has 2 rings (SSSR count). The van der Waals surface area contributed by atoms with Crippen molar-refractivity contribution in [3.05, 3.63) is 30.2 Å². The van der Waals surface area contributed by atoms with Gasteiger partial charge in [0.15, 0.2) is 6.61 Å². The number of para-hydroxylation sites is 2. The van der Waals surface area contributed by atoms with Gasteiger partial charge in [-0.25, -0.2) is 0 Å². The number of aromatic nitrogens is 2. The third-order valence-electron chi connectivity index (χ3n) is 1.89. The van der Waals surface area contributed by atoms with Crippen molar-refractivity contribution >= 4 is 17.4 Å². The Balaban J connectivity index is 1.99. The molecule has 0 fully saturated rings. The first-order valence-electron chi connectivity index (χ1n) is 4.63. The summed E-state index contributed by atoms with van der Waals surface area (Å²) in [6.45, 7) is 0.224. The summed E-state index contributed by atoms with van der Waals surface area (Å²) in [4.78, 5) is 0. The molecule has 1 heterocycles. The van der Waals surface area contributed by atoms with Crippen LogP contribution in [0.25, 0.3) is 0 Å². The highest BCUT2D eigenvalue weighted by Gasteiger charge is 2.06. The molecule has 84 valence electrons. The fourth-order valence-electron chi connectivity index (χ4n) is 1.13. The van der Waals surface area contributed by atoms with Gasteiger partial charge in [0, 0.05) is 0 Å². The van der Waals surface area contributed by atoms with Crippen LogP contribution in [-0.2, 0) is 6.61 Å². The van der Waals surface area contributed by atoms with Crippen LogP contribution in [0.5, 0.6) is 5.75 Å². The maximum absolute atomic E-state index is 5.72. The van der Waals surface area contributed by atoms with Crippen LogP contribution in [0.4, 0.5) is 5.69 Å². The van der Waals surface area contributed by atoms with Gasteiger partial charge in [0.05, 0.1) is 5.69 Å². The number of hydrogen-bond acceptors (Lipinski definition) is 6. The first-order chi connectivity index (χ1) is 7.79. The van der Waals surface area contributed by atoms with Crippen LogP contribution in [0.1, 0.15) is 5.89 Å². The van der Waals surface area contributed by atoms with E-state index in [9.17, 15) is 0 Å². The van der Waals surface area contributed by atoms with Crippen LogP contribution < -0.4 is 10.5 Å². The van der Waals surface area contributed by atoms with E-state index in [2.05, 4.69) is 10.2 Å². The Bertz CT molecular complexity index is 473. The monoisotopic (exact) mass is 237 g/mol. The van der Waals surface area contributed by atoms with Crippen molar-refractivity contribution in [3.63, 3.8) is 0 Å². The molecular weight excluding hydrogens is 226 g/mol. The van der Waals surface area contributed by atoms with Crippen LogP contribution in [0.2, 0.25) is 0 Å². The highest BCUT2D eigenvalue weighted by molar-refractivity contribution is 7.98. The number of ether oxygens (including phenoxy) is 1. The number of benzene rings is 1. The van der Waals surface area contributed by atoms with Gasteiger partial charge in [-0.3, -0.25) is 0 Å². The molecule has 0 bridgehead atoms. The van der Waals surface area contributed by atoms with Gasteiger partial charge in [0.1, 0.15) is 5.75 Å². The molecule has 1 aromatic carbocycles. The minimum absolute atomic E-state index is 0.224. The van der Waals surface area contributed by atoms with Gasteiger partial charge in [-0.15, -0.1) is 10.2 Å². The summed E-state index contributed by atoms with van der Waals surface area (Å²) in [6, 6.07) is 7.27. The fraction of sp³-hybridized carbons (Fsp3) is 0.200. The predicted molar refractivity (Wildman–Crippen MR) is 61.3 cm³/mol. The van der Waals surface area contributed by atoms with Crippen molar-refractivity contribution in [2.75, 3.05) is 12.0 Å². The Morgan fingerprint density at radius 3 is 2.88 bits per heavy atom. The number of thioether (sulfide) groups is 1. The lowest BCUT2D eigenvalue weighted by molar-refractivity contribution is 0.253. The van der Waals surface area contributed by atoms with Gasteiger partial charge in [0.2, 0.25) is 0 Å². The molecular formula is C10H11N3O2S. The number of hydrogen-bond donors (Lipinski definition) is 1. The molecule has 0 unspecified atom stereocenters. The zero-order chi connectivity index (χ0) is 11.4. The van der Waals surface area contributed by atoms with E-state index in [1.807, 2.05) is 18.4 Å². The quantitative estimate of drug-likeness (QED) is 0.647. The second kappa shape index (κ2) is 4.89. The van der Waals surface area contributed by atoms with E-state index < -0.39 is 0 Å². The fourth-order valence-corrected chi connectivity index (χ4v) is 1.43. The summed E-state index contributed by atoms with van der Waals surface area (Å²) in [5, 5.41) is 8.16. The Hall–Kier alpha value is -1.69. The number of rotatable bonds is 4. The van der Waals surface area contributed by atoms with E-state index in [1.54, 1.807) is 12.1 Å². The van der Waals surface area contributed by atoms with E-state index >= 15 is 0 Å². The van der Waals surface area contributed by atoms with Gasteiger partial charge in [0.25, 0.3) is 11.1 Å². The maximum Gasteiger partial charge on any atom is 0.276 e. The lowest BCUT2D eigenvalue weighted by Gasteiger charge is -2.05. The highest BCUT2D eigenvalue weighted by Crippen LogP contribution is 2.21. The molecule has 1 aromatic heterocycles. The van der Waals surface area contributed by atoms with Crippen molar-refractivity contribution in [2.45, 2.75) is 11.8 Å². The number of nitrogen functional groups attached to an aromatic ring is 1. The van der Waals surface area contributed by atoms with Gasteiger partial charge < -0.3 is 14.9 Å². The SMILES string of the molecule is CSc1nnc(COc2ccccc2N)o1. The lowest BCUT2D eigenvalue weighted by Crippen LogP contribution is -1.98. The minimum atomic E-state index is 0.224. The molecule has 0 aliphatic rings. The van der Waals surface area contributed by atoms with E-state index in [0.717, 1.165) is 0 Å². The normalized spacial score (nSPS) is 10.3. The molecule has 0 amide bonds. The molecule has 0 aliphatic heterocycles. The lowest BCUT2D eigenvalue weighted by atomic mass is 10.3. The van der Waals surface area contributed by atoms with Gasteiger partial charge >= 0.3 is 0 Å². The van der Waals surface area contributed by atoms with E-state index in [4.69, 9.17) is 14.9 Å². The Morgan fingerprint density at radius 1 is 1.38 bits per heavy atom. The molecule has 2 N–H and O–H groups in total. The van der Waals surface area contributed by atoms with Crippen molar-refractivity contribution < 1.29 is 9.15 Å². The van der Waals surface area contributed by atoms with E-state index in [1.165, 1.54) is 11.8 Å². The molecule has 0 spiro atoms. The summed E-state index contributed by atoms with van der Waals surface area (Å²) in [5.74, 6) is 1.05. The predicted octanol–water partition coefficient (Wildman–Crippen LogP) is 1.95. The molecule has 2 aromatic rings. The Labute approximate surface area is 97.0 Å². The van der Waals surface area contributed by atoms with Gasteiger partial charge in [-0.1, -0.05) is 23.9 Å². The van der Waals surface area contributed by atoms with Crippen LogP contribution in [0.3, 0.4) is 0 Å². The van der Waals surface area contributed by atoms with Crippen molar-refractivity contribution in [1.82, 2.24) is 10.2 Å². The van der Waals surface area contributed by atoms with Crippen LogP contribution >= 0.6 is 11.8 Å². The minimum Gasteiger partial charge on any atom is -0.482 e. The summed E-state index contributed by atoms with van der Waals surface area (Å²) >= 11 is 1.39. The largest absolute Gasteiger partial charge is 0.482 e. The molecule has 16 heavy (non-hydrogen) atoms. The Kier molecular flexibility index (Phi) is 3.31. The average molecular weight is 237 g/mol. The summed E-state index contributed by atoms with van der Waals surface area (Å²) < 4.78 is 10.7. The highest BCUT2D eigenvalue weighted by atomic mass is 32.2. The third kappa shape index (κ3) is 2.46. The van der Waals surface area contributed by atoms with Gasteiger partial charge in [-0.2, -0.15) is 0 Å². The standard InChI is InChI=1S/C10H11N3O2S/c1-16-10-13-12-9(15-10)6-14-8-5-3-2-4-7(8)11/h2-5H,6,11H2,1H3. The molecule has 6 heteroatoms. The number of nitrogens with zero attached hydrogens (tertiary/aromatic N) is 2. The summed E-state index contributed by atoms with van der Waals surface area (Å²) in [5.41, 5.74) is 6.31. The zero-order valence-corrected chi connectivity index (χ0v) is 9.53. The van der Waals surface area contributed by atoms with Gasteiger partial charge in [-0.05, 0) is 18.4 Å². The number of anilines is 1. The first-order valence-corrected chi connectivity index (χ1v) is 5.85. The topological polar surface area (TPSA) is 74.2 Å². The van der Waals surface area contributed by atoms with Crippen molar-refractivity contribution in [1.29, 1.82) is 0 Å². The molecule has 0 radical (unpaired) electrons. The second-order valence-corrected chi connectivity index (χ2v) is 3.75.